The van der Waals surface area contributed by atoms with Gasteiger partial charge in [-0.3, -0.25) is 4.79 Å². The summed E-state index contributed by atoms with van der Waals surface area (Å²) in [4.78, 5) is 15.1. The maximum absolute atomic E-state index is 12.7. The third kappa shape index (κ3) is 3.15. The van der Waals surface area contributed by atoms with Gasteiger partial charge >= 0.3 is 0 Å². The van der Waals surface area contributed by atoms with Gasteiger partial charge in [-0.1, -0.05) is 12.1 Å². The Morgan fingerprint density at radius 2 is 2.12 bits per heavy atom. The van der Waals surface area contributed by atoms with Crippen LogP contribution in [-0.2, 0) is 12.8 Å². The van der Waals surface area contributed by atoms with E-state index in [-0.39, 0.29) is 5.91 Å². The highest BCUT2D eigenvalue weighted by Crippen LogP contribution is 2.29. The van der Waals surface area contributed by atoms with E-state index in [1.807, 2.05) is 12.1 Å². The molecular weight excluding hydrogens is 314 g/mol. The Morgan fingerprint density at radius 1 is 1.32 bits per heavy atom. The number of nitrogens with zero attached hydrogens (tertiary/aromatic N) is 2. The molecule has 1 aromatic carbocycles. The van der Waals surface area contributed by atoms with Gasteiger partial charge in [-0.2, -0.15) is 0 Å². The van der Waals surface area contributed by atoms with Crippen molar-refractivity contribution in [1.82, 2.24) is 5.16 Å². The van der Waals surface area contributed by atoms with Crippen LogP contribution in [0.1, 0.15) is 53.6 Å². The molecule has 1 amide bonds. The van der Waals surface area contributed by atoms with Crippen molar-refractivity contribution in [3.63, 3.8) is 0 Å². The molecule has 2 aliphatic rings. The molecule has 1 N–H and O–H groups in total. The Labute approximate surface area is 148 Å². The van der Waals surface area contributed by atoms with Crippen molar-refractivity contribution in [3.8, 4) is 0 Å². The van der Waals surface area contributed by atoms with Crippen molar-refractivity contribution in [2.75, 3.05) is 23.3 Å². The minimum absolute atomic E-state index is 0.174. The zero-order valence-corrected chi connectivity index (χ0v) is 15.0. The number of carbonyl (C=O) groups is 1. The monoisotopic (exact) mass is 339 g/mol. The second kappa shape index (κ2) is 6.54. The first kappa shape index (κ1) is 16.2. The standard InChI is InChI=1S/C20H25N3O2/c1-13-5-8-18-16(11-13)19(22-25-18)20(24)21-15-6-7-17(14(2)12-15)23-9-3-4-10-23/h6-7,12-13H,3-5,8-11H2,1-2H3,(H,21,24). The summed E-state index contributed by atoms with van der Waals surface area (Å²) in [5, 5.41) is 7.02. The van der Waals surface area contributed by atoms with E-state index in [4.69, 9.17) is 4.52 Å². The molecule has 4 rings (SSSR count). The lowest BCUT2D eigenvalue weighted by atomic mass is 9.88. The van der Waals surface area contributed by atoms with Gasteiger partial charge in [-0.05, 0) is 62.3 Å². The third-order valence-corrected chi connectivity index (χ3v) is 5.40. The van der Waals surface area contributed by atoms with Gasteiger partial charge in [-0.25, -0.2) is 0 Å². The van der Waals surface area contributed by atoms with E-state index in [1.165, 1.54) is 24.1 Å². The molecule has 1 atom stereocenters. The first-order valence-corrected chi connectivity index (χ1v) is 9.26. The number of hydrogen-bond acceptors (Lipinski definition) is 4. The van der Waals surface area contributed by atoms with Gasteiger partial charge in [0.05, 0.1) is 0 Å². The molecule has 5 heteroatoms. The lowest BCUT2D eigenvalue weighted by Crippen LogP contribution is -2.20. The molecule has 2 heterocycles. The van der Waals surface area contributed by atoms with Crippen LogP contribution in [0.15, 0.2) is 22.7 Å². The number of anilines is 2. The number of carbonyl (C=O) groups excluding carboxylic acids is 1. The zero-order valence-electron chi connectivity index (χ0n) is 15.0. The topological polar surface area (TPSA) is 58.4 Å². The largest absolute Gasteiger partial charge is 0.371 e. The Hall–Kier alpha value is -2.30. The summed E-state index contributed by atoms with van der Waals surface area (Å²) in [7, 11) is 0. The third-order valence-electron chi connectivity index (χ3n) is 5.40. The first-order chi connectivity index (χ1) is 12.1. The van der Waals surface area contributed by atoms with Crippen LogP contribution in [0.5, 0.6) is 0 Å². The molecule has 132 valence electrons. The van der Waals surface area contributed by atoms with E-state index in [0.717, 1.165) is 49.4 Å². The van der Waals surface area contributed by atoms with Gasteiger partial charge in [0, 0.05) is 36.4 Å². The number of amides is 1. The highest BCUT2D eigenvalue weighted by atomic mass is 16.5. The molecule has 1 aromatic heterocycles. The van der Waals surface area contributed by atoms with Crippen LogP contribution in [-0.4, -0.2) is 24.2 Å². The second-order valence-electron chi connectivity index (χ2n) is 7.43. The van der Waals surface area contributed by atoms with Crippen LogP contribution in [0, 0.1) is 12.8 Å². The lowest BCUT2D eigenvalue weighted by Gasteiger charge is -2.20. The molecule has 0 spiro atoms. The molecule has 2 aromatic rings. The minimum atomic E-state index is -0.174. The fourth-order valence-corrected chi connectivity index (χ4v) is 3.99. The quantitative estimate of drug-likeness (QED) is 0.919. The summed E-state index contributed by atoms with van der Waals surface area (Å²) in [6, 6.07) is 6.13. The number of nitrogens with one attached hydrogen (secondary N) is 1. The van der Waals surface area contributed by atoms with E-state index >= 15 is 0 Å². The molecule has 1 fully saturated rings. The first-order valence-electron chi connectivity index (χ1n) is 9.26. The molecule has 1 unspecified atom stereocenters. The van der Waals surface area contributed by atoms with Crippen molar-refractivity contribution < 1.29 is 9.32 Å². The minimum Gasteiger partial charge on any atom is -0.371 e. The van der Waals surface area contributed by atoms with Crippen molar-refractivity contribution in [1.29, 1.82) is 0 Å². The van der Waals surface area contributed by atoms with Crippen LogP contribution >= 0.6 is 0 Å². The summed E-state index contributed by atoms with van der Waals surface area (Å²) in [5.41, 5.74) is 4.70. The van der Waals surface area contributed by atoms with Crippen LogP contribution in [0.25, 0.3) is 0 Å². The summed E-state index contributed by atoms with van der Waals surface area (Å²) >= 11 is 0. The second-order valence-corrected chi connectivity index (χ2v) is 7.43. The predicted molar refractivity (Wildman–Crippen MR) is 98.3 cm³/mol. The van der Waals surface area contributed by atoms with Crippen molar-refractivity contribution in [2.45, 2.75) is 46.0 Å². The highest BCUT2D eigenvalue weighted by molar-refractivity contribution is 6.04. The normalized spacial score (nSPS) is 19.8. The number of benzene rings is 1. The summed E-state index contributed by atoms with van der Waals surface area (Å²) in [6.07, 6.45) is 5.36. The summed E-state index contributed by atoms with van der Waals surface area (Å²) < 4.78 is 5.39. The van der Waals surface area contributed by atoms with Gasteiger partial charge in [-0.15, -0.1) is 0 Å². The van der Waals surface area contributed by atoms with Crippen LogP contribution < -0.4 is 10.2 Å². The number of aromatic nitrogens is 1. The fraction of sp³-hybridized carbons (Fsp3) is 0.500. The van der Waals surface area contributed by atoms with Gasteiger partial charge in [0.25, 0.3) is 5.91 Å². The average Bonchev–Trinajstić information content (AvgIpc) is 3.24. The summed E-state index contributed by atoms with van der Waals surface area (Å²) in [5.74, 6) is 1.27. The Kier molecular flexibility index (Phi) is 4.24. The van der Waals surface area contributed by atoms with Crippen LogP contribution in [0.2, 0.25) is 0 Å². The molecule has 25 heavy (non-hydrogen) atoms. The molecule has 5 nitrogen and oxygen atoms in total. The zero-order chi connectivity index (χ0) is 17.4. The maximum atomic E-state index is 12.7. The number of rotatable bonds is 3. The number of aryl methyl sites for hydroxylation is 2. The Morgan fingerprint density at radius 3 is 2.88 bits per heavy atom. The number of hydrogen-bond donors (Lipinski definition) is 1. The van der Waals surface area contributed by atoms with E-state index < -0.39 is 0 Å². The van der Waals surface area contributed by atoms with E-state index in [2.05, 4.69) is 35.3 Å². The predicted octanol–water partition coefficient (Wildman–Crippen LogP) is 3.96. The van der Waals surface area contributed by atoms with E-state index in [9.17, 15) is 4.79 Å². The van der Waals surface area contributed by atoms with Crippen LogP contribution in [0.3, 0.4) is 0 Å². The molecular formula is C20H25N3O2. The van der Waals surface area contributed by atoms with E-state index in [1.54, 1.807) is 0 Å². The van der Waals surface area contributed by atoms with Crippen LogP contribution in [0.4, 0.5) is 11.4 Å². The Bertz CT molecular complexity index is 790. The number of fused-ring (bicyclic) bond motifs is 1. The molecule has 1 saturated heterocycles. The smallest absolute Gasteiger partial charge is 0.278 e. The van der Waals surface area contributed by atoms with Gasteiger partial charge in [0.1, 0.15) is 5.76 Å². The fourth-order valence-electron chi connectivity index (χ4n) is 3.99. The van der Waals surface area contributed by atoms with Gasteiger partial charge in [0.2, 0.25) is 0 Å². The van der Waals surface area contributed by atoms with Gasteiger partial charge < -0.3 is 14.7 Å². The van der Waals surface area contributed by atoms with Gasteiger partial charge in [0.15, 0.2) is 5.69 Å². The maximum Gasteiger partial charge on any atom is 0.278 e. The molecule has 0 radical (unpaired) electrons. The SMILES string of the molecule is Cc1cc(NC(=O)c2noc3c2CC(C)CC3)ccc1N1CCCC1. The highest BCUT2D eigenvalue weighted by Gasteiger charge is 2.27. The summed E-state index contributed by atoms with van der Waals surface area (Å²) in [6.45, 7) is 6.55. The van der Waals surface area contributed by atoms with Crippen molar-refractivity contribution in [3.05, 3.63) is 40.8 Å². The lowest BCUT2D eigenvalue weighted by molar-refractivity contribution is 0.101. The van der Waals surface area contributed by atoms with Crippen molar-refractivity contribution >= 4 is 17.3 Å². The molecule has 0 saturated carbocycles. The molecule has 0 bridgehead atoms. The van der Waals surface area contributed by atoms with E-state index in [0.29, 0.717) is 11.6 Å². The average molecular weight is 339 g/mol. The molecule has 1 aliphatic carbocycles. The van der Waals surface area contributed by atoms with Crippen molar-refractivity contribution in [2.24, 2.45) is 5.92 Å². The Balaban J connectivity index is 1.51. The molecule has 1 aliphatic heterocycles.